The molecule has 0 bridgehead atoms. The molecule has 0 unspecified atom stereocenters. The zero-order valence-corrected chi connectivity index (χ0v) is 10.1. The van der Waals surface area contributed by atoms with Crippen molar-refractivity contribution in [2.45, 2.75) is 25.7 Å². The Morgan fingerprint density at radius 2 is 1.94 bits per heavy atom. The lowest BCUT2D eigenvalue weighted by Gasteiger charge is -2.06. The maximum Gasteiger partial charge on any atom is 0.329 e. The maximum atomic E-state index is 11.2. The number of imide groups is 1. The number of aliphatic carboxylic acids is 1. The minimum atomic E-state index is -1.16. The van der Waals surface area contributed by atoms with Crippen molar-refractivity contribution in [3.8, 4) is 0 Å². The third kappa shape index (κ3) is 7.61. The highest BCUT2D eigenvalue weighted by molar-refractivity contribution is 5.94. The average molecular weight is 258 g/mol. The lowest BCUT2D eigenvalue weighted by Crippen LogP contribution is -2.41. The van der Waals surface area contributed by atoms with Crippen LogP contribution in [0.4, 0.5) is 4.79 Å². The molecule has 0 aromatic rings. The molecule has 7 heteroatoms. The molecule has 3 N–H and O–H groups in total. The van der Waals surface area contributed by atoms with E-state index in [-0.39, 0.29) is 0 Å². The van der Waals surface area contributed by atoms with Crippen LogP contribution in [0, 0.1) is 5.92 Å². The van der Waals surface area contributed by atoms with Crippen LogP contribution < -0.4 is 10.6 Å². The standard InChI is InChI=1S/C11H18N2O5/c14-9(6-18-7-10(15)16)13-11(17)12-5-1-2-8-3-4-8/h8H,1-7H2,(H,15,16)(H2,12,13,14,17). The van der Waals surface area contributed by atoms with E-state index >= 15 is 0 Å². The zero-order chi connectivity index (χ0) is 13.4. The van der Waals surface area contributed by atoms with E-state index in [1.165, 1.54) is 12.8 Å². The van der Waals surface area contributed by atoms with Crippen LogP contribution >= 0.6 is 0 Å². The number of urea groups is 1. The van der Waals surface area contributed by atoms with Crippen LogP contribution in [0.2, 0.25) is 0 Å². The van der Waals surface area contributed by atoms with Crippen LogP contribution in [0.3, 0.4) is 0 Å². The molecule has 0 spiro atoms. The van der Waals surface area contributed by atoms with Gasteiger partial charge in [-0.05, 0) is 18.8 Å². The van der Waals surface area contributed by atoms with Crippen molar-refractivity contribution in [3.63, 3.8) is 0 Å². The summed E-state index contributed by atoms with van der Waals surface area (Å²) in [6.07, 6.45) is 4.58. The molecule has 18 heavy (non-hydrogen) atoms. The Balaban J connectivity index is 1.96. The van der Waals surface area contributed by atoms with Gasteiger partial charge in [-0.25, -0.2) is 9.59 Å². The first-order valence-corrected chi connectivity index (χ1v) is 5.95. The van der Waals surface area contributed by atoms with Gasteiger partial charge in [0.25, 0.3) is 5.91 Å². The second-order valence-corrected chi connectivity index (χ2v) is 4.28. The summed E-state index contributed by atoms with van der Waals surface area (Å²) >= 11 is 0. The monoisotopic (exact) mass is 258 g/mol. The molecule has 102 valence electrons. The van der Waals surface area contributed by atoms with Crippen LogP contribution in [0.25, 0.3) is 0 Å². The molecule has 0 saturated heterocycles. The number of hydrogen-bond donors (Lipinski definition) is 3. The number of hydrogen-bond acceptors (Lipinski definition) is 4. The summed E-state index contributed by atoms with van der Waals surface area (Å²) in [7, 11) is 0. The van der Waals surface area contributed by atoms with Crippen molar-refractivity contribution < 1.29 is 24.2 Å². The van der Waals surface area contributed by atoms with Crippen molar-refractivity contribution >= 4 is 17.9 Å². The fourth-order valence-electron chi connectivity index (χ4n) is 1.44. The summed E-state index contributed by atoms with van der Waals surface area (Å²) < 4.78 is 4.53. The van der Waals surface area contributed by atoms with E-state index in [2.05, 4.69) is 15.4 Å². The van der Waals surface area contributed by atoms with Gasteiger partial charge in [-0.1, -0.05) is 12.8 Å². The summed E-state index contributed by atoms with van der Waals surface area (Å²) in [6.45, 7) is -0.468. The van der Waals surface area contributed by atoms with Gasteiger partial charge >= 0.3 is 12.0 Å². The number of carboxylic acids is 1. The Hall–Kier alpha value is -1.63. The molecule has 7 nitrogen and oxygen atoms in total. The highest BCUT2D eigenvalue weighted by Gasteiger charge is 2.20. The Morgan fingerprint density at radius 3 is 2.56 bits per heavy atom. The number of carboxylic acid groups (broad SMARTS) is 1. The third-order valence-electron chi connectivity index (χ3n) is 2.48. The summed E-state index contributed by atoms with van der Waals surface area (Å²) in [6, 6.07) is -0.574. The maximum absolute atomic E-state index is 11.2. The van der Waals surface area contributed by atoms with Crippen LogP contribution in [0.15, 0.2) is 0 Å². The lowest BCUT2D eigenvalue weighted by atomic mass is 10.2. The topological polar surface area (TPSA) is 105 Å². The molecule has 0 atom stereocenters. The summed E-state index contributed by atoms with van der Waals surface area (Å²) in [5, 5.41) is 12.9. The largest absolute Gasteiger partial charge is 0.480 e. The first kappa shape index (κ1) is 14.4. The average Bonchev–Trinajstić information content (AvgIpc) is 3.07. The fourth-order valence-corrected chi connectivity index (χ4v) is 1.44. The van der Waals surface area contributed by atoms with Crippen molar-refractivity contribution in [3.05, 3.63) is 0 Å². The fraction of sp³-hybridized carbons (Fsp3) is 0.727. The molecule has 1 aliphatic rings. The predicted octanol–water partition coefficient (Wildman–Crippen LogP) is 0.104. The molecule has 1 aliphatic carbocycles. The van der Waals surface area contributed by atoms with E-state index in [1.54, 1.807) is 0 Å². The summed E-state index contributed by atoms with van der Waals surface area (Å²) in [4.78, 5) is 32.4. The van der Waals surface area contributed by atoms with Gasteiger partial charge in [0.15, 0.2) is 0 Å². The first-order chi connectivity index (χ1) is 8.58. The highest BCUT2D eigenvalue weighted by atomic mass is 16.5. The van der Waals surface area contributed by atoms with Gasteiger partial charge < -0.3 is 15.2 Å². The predicted molar refractivity (Wildman–Crippen MR) is 62.0 cm³/mol. The van der Waals surface area contributed by atoms with Gasteiger partial charge in [-0.15, -0.1) is 0 Å². The molecule has 0 heterocycles. The molecule has 0 radical (unpaired) electrons. The van der Waals surface area contributed by atoms with E-state index in [1.807, 2.05) is 0 Å². The first-order valence-electron chi connectivity index (χ1n) is 5.95. The number of rotatable bonds is 8. The minimum absolute atomic E-state index is 0.443. The van der Waals surface area contributed by atoms with Crippen LogP contribution in [0.5, 0.6) is 0 Å². The molecular weight excluding hydrogens is 240 g/mol. The molecule has 1 rings (SSSR count). The van der Waals surface area contributed by atoms with Crippen molar-refractivity contribution in [1.29, 1.82) is 0 Å². The van der Waals surface area contributed by atoms with Gasteiger partial charge in [0.05, 0.1) is 0 Å². The third-order valence-corrected chi connectivity index (χ3v) is 2.48. The van der Waals surface area contributed by atoms with Crippen LogP contribution in [-0.4, -0.2) is 42.8 Å². The molecule has 1 saturated carbocycles. The molecule has 3 amide bonds. The Kier molecular flexibility index (Phi) is 6.13. The Morgan fingerprint density at radius 1 is 1.22 bits per heavy atom. The Bertz CT molecular complexity index is 315. The van der Waals surface area contributed by atoms with Gasteiger partial charge in [0.2, 0.25) is 0 Å². The second-order valence-electron chi connectivity index (χ2n) is 4.28. The second kappa shape index (κ2) is 7.65. The van der Waals surface area contributed by atoms with Gasteiger partial charge in [-0.3, -0.25) is 10.1 Å². The number of carbonyl (C=O) groups is 3. The van der Waals surface area contributed by atoms with E-state index in [0.29, 0.717) is 6.54 Å². The SMILES string of the molecule is O=C(O)COCC(=O)NC(=O)NCCCC1CC1. The molecule has 0 aromatic carbocycles. The van der Waals surface area contributed by atoms with Crippen LogP contribution in [-0.2, 0) is 14.3 Å². The normalized spacial score (nSPS) is 14.0. The van der Waals surface area contributed by atoms with Crippen molar-refractivity contribution in [1.82, 2.24) is 10.6 Å². The van der Waals surface area contributed by atoms with E-state index < -0.39 is 31.1 Å². The number of carbonyl (C=O) groups excluding carboxylic acids is 2. The van der Waals surface area contributed by atoms with Gasteiger partial charge in [0.1, 0.15) is 13.2 Å². The smallest absolute Gasteiger partial charge is 0.329 e. The van der Waals surface area contributed by atoms with Crippen molar-refractivity contribution in [2.75, 3.05) is 19.8 Å². The number of amides is 3. The van der Waals surface area contributed by atoms with E-state index in [4.69, 9.17) is 5.11 Å². The molecule has 0 aliphatic heterocycles. The Labute approximate surface area is 105 Å². The zero-order valence-electron chi connectivity index (χ0n) is 10.1. The number of nitrogens with one attached hydrogen (secondary N) is 2. The summed E-state index contributed by atoms with van der Waals surface area (Å²) in [5.74, 6) is -0.996. The van der Waals surface area contributed by atoms with Crippen LogP contribution in [0.1, 0.15) is 25.7 Å². The molecule has 0 aromatic heterocycles. The van der Waals surface area contributed by atoms with E-state index in [9.17, 15) is 14.4 Å². The number of ether oxygens (including phenoxy) is 1. The van der Waals surface area contributed by atoms with Gasteiger partial charge in [-0.2, -0.15) is 0 Å². The quantitative estimate of drug-likeness (QED) is 0.536. The van der Waals surface area contributed by atoms with E-state index in [0.717, 1.165) is 18.8 Å². The molecule has 1 fully saturated rings. The van der Waals surface area contributed by atoms with Crippen molar-refractivity contribution in [2.24, 2.45) is 5.92 Å². The molecular formula is C11H18N2O5. The lowest BCUT2D eigenvalue weighted by molar-refractivity contribution is -0.143. The summed E-state index contributed by atoms with van der Waals surface area (Å²) in [5.41, 5.74) is 0. The highest BCUT2D eigenvalue weighted by Crippen LogP contribution is 2.33. The minimum Gasteiger partial charge on any atom is -0.480 e. The van der Waals surface area contributed by atoms with Gasteiger partial charge in [0, 0.05) is 6.54 Å².